The number of carbonyl (C=O) groups is 1. The van der Waals surface area contributed by atoms with Crippen LogP contribution in [0.5, 0.6) is 0 Å². The third-order valence-electron chi connectivity index (χ3n) is 4.22. The third-order valence-corrected chi connectivity index (χ3v) is 4.22. The van der Waals surface area contributed by atoms with Gasteiger partial charge in [-0.25, -0.2) is 4.79 Å². The molecule has 8 heteroatoms. The van der Waals surface area contributed by atoms with Gasteiger partial charge in [0.25, 0.3) is 0 Å². The van der Waals surface area contributed by atoms with Gasteiger partial charge in [0.05, 0.1) is 18.8 Å². The van der Waals surface area contributed by atoms with Crippen molar-refractivity contribution in [3.63, 3.8) is 0 Å². The smallest absolute Gasteiger partial charge is 0.329 e. The van der Waals surface area contributed by atoms with E-state index in [1.165, 1.54) is 5.56 Å². The molecule has 0 radical (unpaired) electrons. The van der Waals surface area contributed by atoms with Crippen molar-refractivity contribution in [1.29, 1.82) is 0 Å². The maximum atomic E-state index is 12.0. The van der Waals surface area contributed by atoms with Crippen LogP contribution in [0.4, 0.5) is 10.8 Å². The van der Waals surface area contributed by atoms with E-state index in [1.807, 2.05) is 18.2 Å². The van der Waals surface area contributed by atoms with Crippen molar-refractivity contribution in [2.75, 3.05) is 31.6 Å². The molecule has 25 heavy (non-hydrogen) atoms. The zero-order valence-electron chi connectivity index (χ0n) is 14.4. The number of benzene rings is 1. The van der Waals surface area contributed by atoms with Crippen LogP contribution in [0.1, 0.15) is 24.4 Å². The summed E-state index contributed by atoms with van der Waals surface area (Å²) in [6.07, 6.45) is -0.133. The molecular weight excluding hydrogens is 322 g/mol. The van der Waals surface area contributed by atoms with Gasteiger partial charge in [-0.3, -0.25) is 10.2 Å². The number of hydrogen-bond donors (Lipinski definition) is 2. The average molecular weight is 345 g/mol. The monoisotopic (exact) mass is 345 g/mol. The Morgan fingerprint density at radius 3 is 2.84 bits per heavy atom. The van der Waals surface area contributed by atoms with Crippen LogP contribution in [0, 0.1) is 6.92 Å². The molecule has 2 heterocycles. The van der Waals surface area contributed by atoms with Gasteiger partial charge in [0, 0.05) is 13.1 Å². The number of likely N-dealkylation sites (N-methyl/N-ethyl adjacent to an activating group) is 1. The number of nitrogens with one attached hydrogen (secondary N) is 2. The predicted octanol–water partition coefficient (Wildman–Crippen LogP) is 1.96. The third kappa shape index (κ3) is 4.34. The number of aromatic nitrogens is 2. The SMILES string of the molecule is CCN1CCO[C@@H](CNC(=O)Nc2nc(C)no2)[C@@H]1c1ccccc1. The summed E-state index contributed by atoms with van der Waals surface area (Å²) in [4.78, 5) is 18.3. The minimum Gasteiger partial charge on any atom is -0.373 e. The fraction of sp³-hybridized carbons (Fsp3) is 0.471. The van der Waals surface area contributed by atoms with Crippen LogP contribution in [0.3, 0.4) is 0 Å². The second kappa shape index (κ2) is 8.09. The molecule has 134 valence electrons. The molecule has 0 unspecified atom stereocenters. The van der Waals surface area contributed by atoms with Gasteiger partial charge in [-0.15, -0.1) is 0 Å². The van der Waals surface area contributed by atoms with E-state index in [4.69, 9.17) is 9.26 Å². The van der Waals surface area contributed by atoms with Crippen molar-refractivity contribution in [2.24, 2.45) is 0 Å². The molecule has 1 aliphatic rings. The lowest BCUT2D eigenvalue weighted by Crippen LogP contribution is -2.50. The first kappa shape index (κ1) is 17.4. The summed E-state index contributed by atoms with van der Waals surface area (Å²) >= 11 is 0. The zero-order chi connectivity index (χ0) is 17.6. The van der Waals surface area contributed by atoms with Gasteiger partial charge >= 0.3 is 12.0 Å². The minimum absolute atomic E-state index is 0.0781. The van der Waals surface area contributed by atoms with Crippen LogP contribution in [0.25, 0.3) is 0 Å². The number of rotatable bonds is 5. The van der Waals surface area contributed by atoms with E-state index in [0.717, 1.165) is 13.1 Å². The van der Waals surface area contributed by atoms with Crippen LogP contribution in [-0.4, -0.2) is 53.4 Å². The predicted molar refractivity (Wildman–Crippen MR) is 92.2 cm³/mol. The highest BCUT2D eigenvalue weighted by molar-refractivity contribution is 5.86. The van der Waals surface area contributed by atoms with Crippen molar-refractivity contribution >= 4 is 12.0 Å². The number of ether oxygens (including phenoxy) is 1. The van der Waals surface area contributed by atoms with E-state index >= 15 is 0 Å². The van der Waals surface area contributed by atoms with Crippen molar-refractivity contribution in [1.82, 2.24) is 20.4 Å². The van der Waals surface area contributed by atoms with Gasteiger partial charge in [0.2, 0.25) is 0 Å². The second-order valence-corrected chi connectivity index (χ2v) is 5.88. The molecule has 2 atom stereocenters. The van der Waals surface area contributed by atoms with Crippen molar-refractivity contribution in [2.45, 2.75) is 26.0 Å². The van der Waals surface area contributed by atoms with Crippen LogP contribution >= 0.6 is 0 Å². The largest absolute Gasteiger partial charge is 0.373 e. The molecule has 3 rings (SSSR count). The molecule has 2 N–H and O–H groups in total. The first-order valence-electron chi connectivity index (χ1n) is 8.43. The number of urea groups is 1. The highest BCUT2D eigenvalue weighted by Gasteiger charge is 2.32. The highest BCUT2D eigenvalue weighted by Crippen LogP contribution is 2.28. The van der Waals surface area contributed by atoms with E-state index in [9.17, 15) is 4.79 Å². The Hall–Kier alpha value is -2.45. The number of aryl methyl sites for hydroxylation is 1. The number of anilines is 1. The summed E-state index contributed by atoms with van der Waals surface area (Å²) in [6.45, 7) is 6.65. The lowest BCUT2D eigenvalue weighted by Gasteiger charge is -2.41. The van der Waals surface area contributed by atoms with Crippen LogP contribution < -0.4 is 10.6 Å². The summed E-state index contributed by atoms with van der Waals surface area (Å²) in [5, 5.41) is 8.98. The Labute approximate surface area is 146 Å². The first-order chi connectivity index (χ1) is 12.2. The molecule has 1 saturated heterocycles. The molecule has 1 fully saturated rings. The summed E-state index contributed by atoms with van der Waals surface area (Å²) < 4.78 is 10.8. The Morgan fingerprint density at radius 1 is 1.36 bits per heavy atom. The highest BCUT2D eigenvalue weighted by atomic mass is 16.5. The molecule has 1 aromatic heterocycles. The van der Waals surface area contributed by atoms with Crippen LogP contribution in [0.15, 0.2) is 34.9 Å². The molecule has 0 bridgehead atoms. The van der Waals surface area contributed by atoms with E-state index in [1.54, 1.807) is 6.92 Å². The normalized spacial score (nSPS) is 21.0. The van der Waals surface area contributed by atoms with Crippen LogP contribution in [0.2, 0.25) is 0 Å². The molecule has 1 aliphatic heterocycles. The second-order valence-electron chi connectivity index (χ2n) is 5.88. The number of amides is 2. The molecule has 2 amide bonds. The van der Waals surface area contributed by atoms with Crippen molar-refractivity contribution in [3.8, 4) is 0 Å². The molecule has 0 aliphatic carbocycles. The topological polar surface area (TPSA) is 92.5 Å². The van der Waals surface area contributed by atoms with E-state index in [-0.39, 0.29) is 18.2 Å². The Kier molecular flexibility index (Phi) is 5.62. The fourth-order valence-electron chi connectivity index (χ4n) is 3.07. The Bertz CT molecular complexity index is 691. The number of carbonyl (C=O) groups excluding carboxylic acids is 1. The maximum Gasteiger partial charge on any atom is 0.329 e. The van der Waals surface area contributed by atoms with E-state index in [2.05, 4.69) is 44.7 Å². The Morgan fingerprint density at radius 2 is 2.16 bits per heavy atom. The van der Waals surface area contributed by atoms with Crippen molar-refractivity contribution in [3.05, 3.63) is 41.7 Å². The van der Waals surface area contributed by atoms with Gasteiger partial charge in [-0.05, 0) is 19.0 Å². The van der Waals surface area contributed by atoms with E-state index < -0.39 is 6.03 Å². The molecule has 2 aromatic rings. The summed E-state index contributed by atoms with van der Waals surface area (Å²) in [7, 11) is 0. The average Bonchev–Trinajstić information content (AvgIpc) is 3.05. The summed E-state index contributed by atoms with van der Waals surface area (Å²) in [5.74, 6) is 0.466. The molecule has 0 saturated carbocycles. The molecular formula is C17H23N5O3. The summed E-state index contributed by atoms with van der Waals surface area (Å²) in [6, 6.07) is 10.0. The minimum atomic E-state index is -0.396. The zero-order valence-corrected chi connectivity index (χ0v) is 14.4. The van der Waals surface area contributed by atoms with E-state index in [0.29, 0.717) is 19.0 Å². The first-order valence-corrected chi connectivity index (χ1v) is 8.43. The van der Waals surface area contributed by atoms with Gasteiger partial charge < -0.3 is 14.6 Å². The lowest BCUT2D eigenvalue weighted by atomic mass is 9.98. The lowest BCUT2D eigenvalue weighted by molar-refractivity contribution is -0.0680. The summed E-state index contributed by atoms with van der Waals surface area (Å²) in [5.41, 5.74) is 1.18. The van der Waals surface area contributed by atoms with Crippen LogP contribution in [-0.2, 0) is 4.74 Å². The maximum absolute atomic E-state index is 12.0. The fourth-order valence-corrected chi connectivity index (χ4v) is 3.07. The quantitative estimate of drug-likeness (QED) is 0.861. The standard InChI is InChI=1S/C17H23N5O3/c1-3-22-9-10-24-14(15(22)13-7-5-4-6-8-13)11-18-16(23)20-17-19-12(2)21-25-17/h4-8,14-15H,3,9-11H2,1-2H3,(H2,18,19,20,21,23)/t14-,15-/m0/s1. The van der Waals surface area contributed by atoms with Gasteiger partial charge in [0.15, 0.2) is 5.82 Å². The Balaban J connectivity index is 1.63. The van der Waals surface area contributed by atoms with Crippen molar-refractivity contribution < 1.29 is 14.1 Å². The molecule has 0 spiro atoms. The van der Waals surface area contributed by atoms with Gasteiger partial charge in [-0.2, -0.15) is 4.98 Å². The number of nitrogens with zero attached hydrogens (tertiary/aromatic N) is 3. The number of morpholine rings is 1. The van der Waals surface area contributed by atoms with Gasteiger partial charge in [-0.1, -0.05) is 42.4 Å². The van der Waals surface area contributed by atoms with Gasteiger partial charge in [0.1, 0.15) is 0 Å². The number of hydrogen-bond acceptors (Lipinski definition) is 6. The molecule has 8 nitrogen and oxygen atoms in total. The molecule has 1 aromatic carbocycles.